The second-order valence-electron chi connectivity index (χ2n) is 9.88. The minimum Gasteiger partial charge on any atom is -0.477 e. The number of rotatable bonds is 9. The van der Waals surface area contributed by atoms with E-state index in [0.717, 1.165) is 37.4 Å². The third-order valence-electron chi connectivity index (χ3n) is 7.22. The smallest absolute Gasteiger partial charge is 0.354 e. The summed E-state index contributed by atoms with van der Waals surface area (Å²) in [5.41, 5.74) is 2.60. The van der Waals surface area contributed by atoms with Gasteiger partial charge in [0.15, 0.2) is 0 Å². The molecule has 1 saturated heterocycles. The maximum atomic E-state index is 14.1. The normalized spacial score (nSPS) is 14.5. The summed E-state index contributed by atoms with van der Waals surface area (Å²) in [6, 6.07) is 11.7. The van der Waals surface area contributed by atoms with Gasteiger partial charge in [-0.2, -0.15) is 0 Å². The molecule has 4 aromatic heterocycles. The Bertz CT molecular complexity index is 1680. The lowest BCUT2D eigenvalue weighted by molar-refractivity contribution is 0.0690. The molecule has 0 atom stereocenters. The fourth-order valence-electron chi connectivity index (χ4n) is 5.07. The van der Waals surface area contributed by atoms with Crippen LogP contribution in [0.3, 0.4) is 0 Å². The highest BCUT2D eigenvalue weighted by atomic mass is 35.5. The molecule has 210 valence electrons. The molecular weight excluding hydrogens is 551 g/mol. The number of hydrogen-bond donors (Lipinski definition) is 1. The van der Waals surface area contributed by atoms with Crippen LogP contribution in [-0.4, -0.2) is 53.6 Å². The molecular formula is C29H26ClFN6O4. The van der Waals surface area contributed by atoms with E-state index < -0.39 is 11.8 Å². The molecule has 1 aliphatic heterocycles. The molecule has 0 unspecified atom stereocenters. The van der Waals surface area contributed by atoms with E-state index >= 15 is 0 Å². The van der Waals surface area contributed by atoms with Crippen LogP contribution < -0.4 is 4.74 Å². The molecule has 1 aromatic carbocycles. The highest BCUT2D eigenvalue weighted by molar-refractivity contribution is 6.30. The Balaban J connectivity index is 1.13. The summed E-state index contributed by atoms with van der Waals surface area (Å²) in [6.07, 6.45) is 6.36. The molecule has 0 amide bonds. The number of pyridine rings is 2. The molecule has 12 heteroatoms. The summed E-state index contributed by atoms with van der Waals surface area (Å²) < 4.78 is 27.3. The van der Waals surface area contributed by atoms with Gasteiger partial charge in [-0.3, -0.25) is 4.90 Å². The summed E-state index contributed by atoms with van der Waals surface area (Å²) in [6.45, 7) is 2.63. The number of likely N-dealkylation sites (tertiary alicyclic amines) is 1. The van der Waals surface area contributed by atoms with Crippen LogP contribution in [0.5, 0.6) is 5.88 Å². The van der Waals surface area contributed by atoms with E-state index in [4.69, 9.17) is 30.7 Å². The maximum Gasteiger partial charge on any atom is 0.354 e. The number of ether oxygens (including phenoxy) is 1. The number of halogens is 2. The number of carboxylic acids is 1. The lowest BCUT2D eigenvalue weighted by atomic mass is 9.93. The third kappa shape index (κ3) is 6.06. The monoisotopic (exact) mass is 576 g/mol. The first-order chi connectivity index (χ1) is 19.9. The minimum atomic E-state index is -1.10. The van der Waals surface area contributed by atoms with E-state index in [9.17, 15) is 14.3 Å². The lowest BCUT2D eigenvalue weighted by Crippen LogP contribution is -2.33. The van der Waals surface area contributed by atoms with Gasteiger partial charge in [0, 0.05) is 28.3 Å². The Kier molecular flexibility index (Phi) is 7.62. The molecule has 10 nitrogen and oxygen atoms in total. The van der Waals surface area contributed by atoms with Gasteiger partial charge in [0.05, 0.1) is 24.5 Å². The van der Waals surface area contributed by atoms with Crippen LogP contribution >= 0.6 is 11.6 Å². The zero-order chi connectivity index (χ0) is 28.3. The molecule has 0 bridgehead atoms. The van der Waals surface area contributed by atoms with Gasteiger partial charge in [0.2, 0.25) is 11.8 Å². The number of aromatic carboxylic acids is 1. The summed E-state index contributed by atoms with van der Waals surface area (Å²) in [4.78, 5) is 31.6. The minimum absolute atomic E-state index is 0.0459. The molecule has 0 spiro atoms. The number of carboxylic acid groups (broad SMARTS) is 1. The third-order valence-corrected chi connectivity index (χ3v) is 7.45. The van der Waals surface area contributed by atoms with Crippen molar-refractivity contribution in [2.75, 3.05) is 13.1 Å². The first-order valence-corrected chi connectivity index (χ1v) is 13.5. The van der Waals surface area contributed by atoms with E-state index in [0.29, 0.717) is 46.5 Å². The van der Waals surface area contributed by atoms with Crippen LogP contribution in [0.25, 0.3) is 11.0 Å². The first kappa shape index (κ1) is 26.9. The Morgan fingerprint density at radius 2 is 1.98 bits per heavy atom. The quantitative estimate of drug-likeness (QED) is 0.249. The standard InChI is InChI=1S/C29H26ClFN6O4/c30-20-5-4-19(21(31)12-20)17-41-27-3-1-2-22(35-27)18-6-9-36(10-7-18)15-26-34-24-14-33-23(29(38)39)13-25(24)37(26)16-28-32-8-11-40-28/h1-5,8,11-14,18H,6-7,9-10,15-17H2,(H,38,39). The first-order valence-electron chi connectivity index (χ1n) is 13.2. The SMILES string of the molecule is O=C(O)c1cc2c(cn1)nc(CN1CCC(c3cccc(OCc4ccc(Cl)cc4F)n3)CC1)n2Cc1ncco1. The molecule has 1 aliphatic rings. The van der Waals surface area contributed by atoms with Crippen LogP contribution in [0.15, 0.2) is 65.5 Å². The Labute approximate surface area is 239 Å². The molecule has 0 aliphatic carbocycles. The maximum absolute atomic E-state index is 14.1. The summed E-state index contributed by atoms with van der Waals surface area (Å²) >= 11 is 5.84. The molecule has 5 aromatic rings. The molecule has 5 heterocycles. The van der Waals surface area contributed by atoms with Crippen molar-refractivity contribution in [2.45, 2.75) is 38.5 Å². The van der Waals surface area contributed by atoms with E-state index in [1.807, 2.05) is 16.7 Å². The van der Waals surface area contributed by atoms with Gasteiger partial charge in [-0.05, 0) is 50.2 Å². The van der Waals surface area contributed by atoms with Crippen molar-refractivity contribution in [3.63, 3.8) is 0 Å². The highest BCUT2D eigenvalue weighted by Crippen LogP contribution is 2.29. The van der Waals surface area contributed by atoms with Crippen molar-refractivity contribution >= 4 is 28.6 Å². The summed E-state index contributed by atoms with van der Waals surface area (Å²) in [7, 11) is 0. The molecule has 0 radical (unpaired) electrons. The lowest BCUT2D eigenvalue weighted by Gasteiger charge is -2.31. The molecule has 41 heavy (non-hydrogen) atoms. The van der Waals surface area contributed by atoms with Gasteiger partial charge in [0.25, 0.3) is 0 Å². The van der Waals surface area contributed by atoms with Crippen LogP contribution in [-0.2, 0) is 19.7 Å². The van der Waals surface area contributed by atoms with Gasteiger partial charge in [-0.15, -0.1) is 0 Å². The van der Waals surface area contributed by atoms with Crippen LogP contribution in [0.1, 0.15) is 52.2 Å². The van der Waals surface area contributed by atoms with Gasteiger partial charge in [-0.25, -0.2) is 29.1 Å². The second kappa shape index (κ2) is 11.6. The number of aromatic nitrogens is 5. The number of fused-ring (bicyclic) bond motifs is 1. The largest absolute Gasteiger partial charge is 0.477 e. The Morgan fingerprint density at radius 1 is 1.12 bits per heavy atom. The van der Waals surface area contributed by atoms with Crippen LogP contribution in [0.2, 0.25) is 5.02 Å². The van der Waals surface area contributed by atoms with E-state index in [1.165, 1.54) is 24.6 Å². The van der Waals surface area contributed by atoms with Crippen molar-refractivity contribution in [1.29, 1.82) is 0 Å². The van der Waals surface area contributed by atoms with Crippen molar-refractivity contribution in [2.24, 2.45) is 0 Å². The van der Waals surface area contributed by atoms with Gasteiger partial charge < -0.3 is 18.8 Å². The predicted octanol–water partition coefficient (Wildman–Crippen LogP) is 5.31. The van der Waals surface area contributed by atoms with Gasteiger partial charge >= 0.3 is 5.97 Å². The van der Waals surface area contributed by atoms with E-state index in [2.05, 4.69) is 14.9 Å². The summed E-state index contributed by atoms with van der Waals surface area (Å²) in [5, 5.41) is 9.78. The zero-order valence-electron chi connectivity index (χ0n) is 21.9. The predicted molar refractivity (Wildman–Crippen MR) is 147 cm³/mol. The van der Waals surface area contributed by atoms with Crippen LogP contribution in [0.4, 0.5) is 4.39 Å². The number of imidazole rings is 1. The summed E-state index contributed by atoms with van der Waals surface area (Å²) in [5.74, 6) is 0.492. The molecule has 1 N–H and O–H groups in total. The fourth-order valence-corrected chi connectivity index (χ4v) is 5.23. The molecule has 6 rings (SSSR count). The number of carbonyl (C=O) groups is 1. The number of oxazole rings is 1. The topological polar surface area (TPSA) is 119 Å². The van der Waals surface area contributed by atoms with Gasteiger partial charge in [0.1, 0.15) is 42.3 Å². The molecule has 1 fully saturated rings. The number of nitrogens with zero attached hydrogens (tertiary/aromatic N) is 6. The van der Waals surface area contributed by atoms with E-state index in [-0.39, 0.29) is 18.2 Å². The van der Waals surface area contributed by atoms with E-state index in [1.54, 1.807) is 24.4 Å². The van der Waals surface area contributed by atoms with Gasteiger partial charge in [-0.1, -0.05) is 23.7 Å². The number of benzene rings is 1. The average molecular weight is 577 g/mol. The van der Waals surface area contributed by atoms with Crippen LogP contribution in [0, 0.1) is 5.82 Å². The molecule has 0 saturated carbocycles. The van der Waals surface area contributed by atoms with Crippen molar-refractivity contribution in [3.05, 3.63) is 101 Å². The second-order valence-corrected chi connectivity index (χ2v) is 10.3. The Morgan fingerprint density at radius 3 is 2.73 bits per heavy atom. The zero-order valence-corrected chi connectivity index (χ0v) is 22.7. The van der Waals surface area contributed by atoms with Crippen molar-refractivity contribution < 1.29 is 23.4 Å². The highest BCUT2D eigenvalue weighted by Gasteiger charge is 2.24. The fraction of sp³-hybridized carbons (Fsp3) is 0.276. The average Bonchev–Trinajstić information content (AvgIpc) is 3.61. The number of hydrogen-bond acceptors (Lipinski definition) is 8. The Hall–Kier alpha value is -4.35. The van der Waals surface area contributed by atoms with Crippen molar-refractivity contribution in [1.82, 2.24) is 29.4 Å². The van der Waals surface area contributed by atoms with Crippen molar-refractivity contribution in [3.8, 4) is 5.88 Å². The number of piperidine rings is 1.